The average Bonchev–Trinajstić information content (AvgIpc) is 2.85. The Hall–Kier alpha value is -2.70. The van der Waals surface area contributed by atoms with Gasteiger partial charge in [-0.25, -0.2) is 9.37 Å². The molecule has 3 aliphatic heterocycles. The first-order valence-electron chi connectivity index (χ1n) is 12.5. The van der Waals surface area contributed by atoms with Crippen molar-refractivity contribution in [2.24, 2.45) is 5.92 Å². The first-order chi connectivity index (χ1) is 16.1. The molecule has 0 bridgehead atoms. The molecular formula is C26H34FN5O. The topological polar surface area (TPSA) is 52.6 Å². The van der Waals surface area contributed by atoms with Crippen LogP contribution >= 0.6 is 0 Å². The van der Waals surface area contributed by atoms with E-state index in [9.17, 15) is 9.18 Å². The molecule has 0 spiro atoms. The molecule has 0 N–H and O–H groups in total. The van der Waals surface area contributed by atoms with Gasteiger partial charge in [-0.1, -0.05) is 19.1 Å². The van der Waals surface area contributed by atoms with Crippen molar-refractivity contribution in [1.82, 2.24) is 14.9 Å². The molecule has 0 aliphatic carbocycles. The van der Waals surface area contributed by atoms with E-state index in [1.807, 2.05) is 4.90 Å². The monoisotopic (exact) mass is 451 g/mol. The molecule has 5 rings (SSSR count). The smallest absolute Gasteiger partial charge is 0.227 e. The number of hydrogen-bond acceptors (Lipinski definition) is 5. The Morgan fingerprint density at radius 3 is 2.42 bits per heavy atom. The minimum Gasteiger partial charge on any atom is -0.356 e. The van der Waals surface area contributed by atoms with Gasteiger partial charge in [0, 0.05) is 44.7 Å². The zero-order valence-corrected chi connectivity index (χ0v) is 19.6. The third-order valence-electron chi connectivity index (χ3n) is 7.37. The van der Waals surface area contributed by atoms with Gasteiger partial charge in [0.05, 0.1) is 18.7 Å². The number of piperidine rings is 2. The number of carbonyl (C=O) groups is 1. The second-order valence-corrected chi connectivity index (χ2v) is 9.86. The van der Waals surface area contributed by atoms with Gasteiger partial charge in [-0.3, -0.25) is 4.79 Å². The molecule has 0 unspecified atom stereocenters. The number of anilines is 2. The Morgan fingerprint density at radius 1 is 0.970 bits per heavy atom. The van der Waals surface area contributed by atoms with E-state index in [0.29, 0.717) is 19.5 Å². The summed E-state index contributed by atoms with van der Waals surface area (Å²) in [5.74, 6) is 2.44. The van der Waals surface area contributed by atoms with E-state index >= 15 is 0 Å². The number of hydrogen-bond donors (Lipinski definition) is 0. The predicted octanol–water partition coefficient (Wildman–Crippen LogP) is 3.97. The van der Waals surface area contributed by atoms with Crippen LogP contribution in [0.1, 0.15) is 55.8 Å². The molecular weight excluding hydrogens is 417 g/mol. The van der Waals surface area contributed by atoms with Crippen molar-refractivity contribution in [3.05, 3.63) is 46.9 Å². The lowest BCUT2D eigenvalue weighted by Crippen LogP contribution is -2.41. The van der Waals surface area contributed by atoms with Crippen molar-refractivity contribution in [1.29, 1.82) is 0 Å². The summed E-state index contributed by atoms with van der Waals surface area (Å²) < 4.78 is 13.2. The summed E-state index contributed by atoms with van der Waals surface area (Å²) in [4.78, 5) is 29.9. The molecule has 1 aromatic carbocycles. The molecule has 3 aliphatic rings. The maximum atomic E-state index is 13.2. The molecule has 1 aromatic heterocycles. The number of carbonyl (C=O) groups excluding carboxylic acids is 1. The number of rotatable bonds is 4. The maximum absolute atomic E-state index is 13.2. The highest BCUT2D eigenvalue weighted by atomic mass is 19.1. The second-order valence-electron chi connectivity index (χ2n) is 9.86. The van der Waals surface area contributed by atoms with Crippen LogP contribution in [-0.4, -0.2) is 53.5 Å². The minimum atomic E-state index is -0.278. The molecule has 33 heavy (non-hydrogen) atoms. The number of nitrogens with zero attached hydrogens (tertiary/aromatic N) is 5. The quantitative estimate of drug-likeness (QED) is 0.704. The molecule has 0 atom stereocenters. The Bertz CT molecular complexity index is 981. The number of amides is 1. The van der Waals surface area contributed by atoms with Crippen LogP contribution in [-0.2, 0) is 24.2 Å². The van der Waals surface area contributed by atoms with Gasteiger partial charge in [-0.05, 0) is 55.7 Å². The largest absolute Gasteiger partial charge is 0.356 e. The summed E-state index contributed by atoms with van der Waals surface area (Å²) in [5.41, 5.74) is 3.06. The number of benzene rings is 1. The Morgan fingerprint density at radius 2 is 1.70 bits per heavy atom. The highest BCUT2D eigenvalue weighted by Crippen LogP contribution is 2.32. The molecule has 176 valence electrons. The summed E-state index contributed by atoms with van der Waals surface area (Å²) in [5, 5.41) is 0. The molecule has 2 aromatic rings. The van der Waals surface area contributed by atoms with Crippen molar-refractivity contribution >= 4 is 17.7 Å². The van der Waals surface area contributed by atoms with Gasteiger partial charge in [0.15, 0.2) is 0 Å². The highest BCUT2D eigenvalue weighted by Gasteiger charge is 2.30. The van der Waals surface area contributed by atoms with Gasteiger partial charge in [-0.15, -0.1) is 0 Å². The first kappa shape index (κ1) is 22.1. The molecule has 2 fully saturated rings. The Labute approximate surface area is 195 Å². The summed E-state index contributed by atoms with van der Waals surface area (Å²) in [6.07, 6.45) is 7.06. The van der Waals surface area contributed by atoms with Crippen molar-refractivity contribution in [3.8, 4) is 0 Å². The summed E-state index contributed by atoms with van der Waals surface area (Å²) >= 11 is 0. The number of fused-ring (bicyclic) bond motifs is 1. The standard InChI is InChI=1S/C26H34FN5O/c1-19-9-14-30(15-10-19)25-22-18-32(24(33)17-20-5-7-21(27)8-6-20)16-11-23(22)28-26(29-25)31-12-3-2-4-13-31/h5-8,19H,2-4,9-18H2,1H3. The maximum Gasteiger partial charge on any atom is 0.227 e. The fourth-order valence-electron chi connectivity index (χ4n) is 5.20. The normalized spacial score (nSPS) is 19.5. The van der Waals surface area contributed by atoms with Crippen LogP contribution in [0, 0.1) is 11.7 Å². The van der Waals surface area contributed by atoms with E-state index in [0.717, 1.165) is 67.1 Å². The van der Waals surface area contributed by atoms with E-state index < -0.39 is 0 Å². The van der Waals surface area contributed by atoms with Crippen molar-refractivity contribution in [3.63, 3.8) is 0 Å². The molecule has 7 heteroatoms. The molecule has 6 nitrogen and oxygen atoms in total. The van der Waals surface area contributed by atoms with Crippen LogP contribution < -0.4 is 9.80 Å². The average molecular weight is 452 g/mol. The van der Waals surface area contributed by atoms with Gasteiger partial charge < -0.3 is 14.7 Å². The van der Waals surface area contributed by atoms with Crippen LogP contribution in [0.3, 0.4) is 0 Å². The minimum absolute atomic E-state index is 0.0746. The van der Waals surface area contributed by atoms with E-state index in [4.69, 9.17) is 9.97 Å². The van der Waals surface area contributed by atoms with Gasteiger partial charge in [0.2, 0.25) is 11.9 Å². The summed E-state index contributed by atoms with van der Waals surface area (Å²) in [6, 6.07) is 6.22. The lowest BCUT2D eigenvalue weighted by Gasteiger charge is -2.37. The summed E-state index contributed by atoms with van der Waals surface area (Å²) in [6.45, 7) is 7.61. The summed E-state index contributed by atoms with van der Waals surface area (Å²) in [7, 11) is 0. The number of halogens is 1. The van der Waals surface area contributed by atoms with Crippen LogP contribution in [0.2, 0.25) is 0 Å². The van der Waals surface area contributed by atoms with Crippen LogP contribution in [0.5, 0.6) is 0 Å². The van der Waals surface area contributed by atoms with Crippen LogP contribution in [0.15, 0.2) is 24.3 Å². The van der Waals surface area contributed by atoms with Gasteiger partial charge in [-0.2, -0.15) is 4.98 Å². The van der Waals surface area contributed by atoms with E-state index in [2.05, 4.69) is 16.7 Å². The molecule has 0 radical (unpaired) electrons. The predicted molar refractivity (Wildman–Crippen MR) is 128 cm³/mol. The molecule has 4 heterocycles. The zero-order valence-electron chi connectivity index (χ0n) is 19.6. The fraction of sp³-hybridized carbons (Fsp3) is 0.577. The van der Waals surface area contributed by atoms with Gasteiger partial charge in [0.1, 0.15) is 11.6 Å². The van der Waals surface area contributed by atoms with Gasteiger partial charge in [0.25, 0.3) is 0 Å². The highest BCUT2D eigenvalue weighted by molar-refractivity contribution is 5.79. The molecule has 0 saturated carbocycles. The van der Waals surface area contributed by atoms with E-state index in [-0.39, 0.29) is 11.7 Å². The van der Waals surface area contributed by atoms with Crippen molar-refractivity contribution in [2.45, 2.75) is 58.4 Å². The second kappa shape index (κ2) is 9.65. The number of aromatic nitrogens is 2. The first-order valence-corrected chi connectivity index (χ1v) is 12.5. The van der Waals surface area contributed by atoms with Gasteiger partial charge >= 0.3 is 0 Å². The fourth-order valence-corrected chi connectivity index (χ4v) is 5.20. The lowest BCUT2D eigenvalue weighted by atomic mass is 9.98. The molecule has 2 saturated heterocycles. The lowest BCUT2D eigenvalue weighted by molar-refractivity contribution is -0.131. The van der Waals surface area contributed by atoms with Crippen molar-refractivity contribution in [2.75, 3.05) is 42.5 Å². The van der Waals surface area contributed by atoms with E-state index in [1.54, 1.807) is 12.1 Å². The SMILES string of the molecule is CC1CCN(c2nc(N3CCCCC3)nc3c2CN(C(=O)Cc2ccc(F)cc2)CC3)CC1. The third-order valence-corrected chi connectivity index (χ3v) is 7.37. The van der Waals surface area contributed by atoms with Crippen molar-refractivity contribution < 1.29 is 9.18 Å². The third kappa shape index (κ3) is 4.97. The van der Waals surface area contributed by atoms with Crippen LogP contribution in [0.25, 0.3) is 0 Å². The Kier molecular flexibility index (Phi) is 6.47. The van der Waals surface area contributed by atoms with Crippen LogP contribution in [0.4, 0.5) is 16.2 Å². The molecule has 1 amide bonds. The zero-order chi connectivity index (χ0) is 22.8. The Balaban J connectivity index is 1.40. The van der Waals surface area contributed by atoms with E-state index in [1.165, 1.54) is 44.2 Å².